The van der Waals surface area contributed by atoms with Crippen molar-refractivity contribution in [3.63, 3.8) is 0 Å². The quantitative estimate of drug-likeness (QED) is 0.562. The Morgan fingerprint density at radius 3 is 2.45 bits per heavy atom. The summed E-state index contributed by atoms with van der Waals surface area (Å²) in [4.78, 5) is 30.7. The minimum Gasteiger partial charge on any atom is -0.309 e. The number of carbonyl (C=O) groups excluding carboxylic acids is 2. The highest BCUT2D eigenvalue weighted by Gasteiger charge is 2.38. The summed E-state index contributed by atoms with van der Waals surface area (Å²) in [6.45, 7) is 3.95. The van der Waals surface area contributed by atoms with Gasteiger partial charge in [-0.05, 0) is 48.6 Å². The van der Waals surface area contributed by atoms with Crippen LogP contribution in [-0.4, -0.2) is 17.9 Å². The van der Waals surface area contributed by atoms with Gasteiger partial charge in [0.05, 0.1) is 10.9 Å². The van der Waals surface area contributed by atoms with E-state index in [-0.39, 0.29) is 23.9 Å². The van der Waals surface area contributed by atoms with Crippen LogP contribution < -0.4 is 9.80 Å². The number of amides is 2. The number of nitrogens with zero attached hydrogens (tertiary/aromatic N) is 2. The van der Waals surface area contributed by atoms with Crippen LogP contribution in [0.3, 0.4) is 0 Å². The van der Waals surface area contributed by atoms with Crippen LogP contribution in [0.4, 0.5) is 11.4 Å². The Morgan fingerprint density at radius 1 is 1.03 bits per heavy atom. The standard InChI is InChI=1S/C24H24N2O2S/c1-3-23(27)25-17(2)16-21(19-12-7-8-13-20(19)25)26(18-10-5-4-6-11-18)24(28)22-14-9-15-29-22/h4-15,17,21H,3,16H2,1-2H3/t17-,21+/m0/s1. The Labute approximate surface area is 175 Å². The number of fused-ring (bicyclic) bond motifs is 1. The summed E-state index contributed by atoms with van der Waals surface area (Å²) in [5.74, 6) is 0.104. The number of para-hydroxylation sites is 2. The van der Waals surface area contributed by atoms with Gasteiger partial charge in [0.1, 0.15) is 0 Å². The van der Waals surface area contributed by atoms with Gasteiger partial charge in [0.2, 0.25) is 5.91 Å². The van der Waals surface area contributed by atoms with E-state index in [9.17, 15) is 9.59 Å². The van der Waals surface area contributed by atoms with E-state index < -0.39 is 0 Å². The molecule has 0 N–H and O–H groups in total. The van der Waals surface area contributed by atoms with Crippen molar-refractivity contribution < 1.29 is 9.59 Å². The molecule has 2 amide bonds. The molecular weight excluding hydrogens is 380 g/mol. The zero-order valence-corrected chi connectivity index (χ0v) is 17.4. The Kier molecular flexibility index (Phi) is 5.49. The summed E-state index contributed by atoms with van der Waals surface area (Å²) < 4.78 is 0. The molecule has 0 unspecified atom stereocenters. The minimum absolute atomic E-state index is 0.00435. The van der Waals surface area contributed by atoms with Gasteiger partial charge in [-0.25, -0.2) is 0 Å². The average molecular weight is 405 g/mol. The lowest BCUT2D eigenvalue weighted by Crippen LogP contribution is -2.47. The molecule has 0 spiro atoms. The normalized spacial score (nSPS) is 18.2. The third-order valence-electron chi connectivity index (χ3n) is 5.43. The molecule has 2 atom stereocenters. The highest BCUT2D eigenvalue weighted by molar-refractivity contribution is 7.12. The van der Waals surface area contributed by atoms with Gasteiger partial charge in [0, 0.05) is 23.8 Å². The first kappa shape index (κ1) is 19.4. The lowest BCUT2D eigenvalue weighted by atomic mass is 9.89. The molecule has 3 aromatic rings. The predicted octanol–water partition coefficient (Wildman–Crippen LogP) is 5.67. The molecule has 0 fully saturated rings. The van der Waals surface area contributed by atoms with E-state index in [1.807, 2.05) is 88.8 Å². The molecule has 0 aliphatic carbocycles. The highest BCUT2D eigenvalue weighted by Crippen LogP contribution is 2.43. The van der Waals surface area contributed by atoms with E-state index in [1.165, 1.54) is 11.3 Å². The number of hydrogen-bond donors (Lipinski definition) is 0. The summed E-state index contributed by atoms with van der Waals surface area (Å²) in [6.07, 6.45) is 1.15. The van der Waals surface area contributed by atoms with Crippen molar-refractivity contribution in [1.82, 2.24) is 0 Å². The first-order valence-corrected chi connectivity index (χ1v) is 10.8. The van der Waals surface area contributed by atoms with E-state index in [1.54, 1.807) is 0 Å². The maximum Gasteiger partial charge on any atom is 0.268 e. The van der Waals surface area contributed by atoms with E-state index in [0.29, 0.717) is 17.7 Å². The van der Waals surface area contributed by atoms with Crippen molar-refractivity contribution in [1.29, 1.82) is 0 Å². The van der Waals surface area contributed by atoms with E-state index in [2.05, 4.69) is 6.92 Å². The first-order chi connectivity index (χ1) is 14.1. The van der Waals surface area contributed by atoms with Crippen molar-refractivity contribution in [3.05, 3.63) is 82.6 Å². The van der Waals surface area contributed by atoms with Gasteiger partial charge in [0.25, 0.3) is 5.91 Å². The number of anilines is 2. The van der Waals surface area contributed by atoms with E-state index >= 15 is 0 Å². The summed E-state index contributed by atoms with van der Waals surface area (Å²) in [6, 6.07) is 21.4. The molecule has 4 rings (SSSR count). The summed E-state index contributed by atoms with van der Waals surface area (Å²) in [5.41, 5.74) is 2.79. The third kappa shape index (κ3) is 3.58. The fraction of sp³-hybridized carbons (Fsp3) is 0.250. The van der Waals surface area contributed by atoms with Gasteiger partial charge >= 0.3 is 0 Å². The van der Waals surface area contributed by atoms with Crippen molar-refractivity contribution in [2.24, 2.45) is 0 Å². The molecule has 1 aliphatic heterocycles. The Morgan fingerprint density at radius 2 is 1.76 bits per heavy atom. The van der Waals surface area contributed by atoms with Crippen LogP contribution in [0.5, 0.6) is 0 Å². The zero-order valence-electron chi connectivity index (χ0n) is 16.6. The van der Waals surface area contributed by atoms with E-state index in [0.717, 1.165) is 16.9 Å². The smallest absolute Gasteiger partial charge is 0.268 e. The fourth-order valence-electron chi connectivity index (χ4n) is 4.12. The second-order valence-electron chi connectivity index (χ2n) is 7.26. The Balaban J connectivity index is 1.84. The van der Waals surface area contributed by atoms with Gasteiger partial charge in [-0.2, -0.15) is 0 Å². The molecule has 0 saturated carbocycles. The average Bonchev–Trinajstić information content (AvgIpc) is 3.29. The number of rotatable bonds is 4. The van der Waals surface area contributed by atoms with Gasteiger partial charge in [-0.15, -0.1) is 11.3 Å². The van der Waals surface area contributed by atoms with Crippen LogP contribution in [0.2, 0.25) is 0 Å². The molecule has 0 bridgehead atoms. The molecule has 148 valence electrons. The summed E-state index contributed by atoms with van der Waals surface area (Å²) in [7, 11) is 0. The maximum atomic E-state index is 13.5. The number of carbonyl (C=O) groups is 2. The van der Waals surface area contributed by atoms with Gasteiger partial charge in [-0.1, -0.05) is 49.4 Å². The minimum atomic E-state index is -0.140. The maximum absolute atomic E-state index is 13.5. The molecule has 0 radical (unpaired) electrons. The largest absolute Gasteiger partial charge is 0.309 e. The third-order valence-corrected chi connectivity index (χ3v) is 6.29. The topological polar surface area (TPSA) is 40.6 Å². The number of thiophene rings is 1. The molecule has 5 heteroatoms. The fourth-order valence-corrected chi connectivity index (χ4v) is 4.78. The first-order valence-electron chi connectivity index (χ1n) is 9.95. The second kappa shape index (κ2) is 8.21. The second-order valence-corrected chi connectivity index (χ2v) is 8.21. The van der Waals surface area contributed by atoms with Crippen LogP contribution in [0, 0.1) is 0 Å². The van der Waals surface area contributed by atoms with Crippen molar-refractivity contribution in [2.75, 3.05) is 9.80 Å². The van der Waals surface area contributed by atoms with Crippen molar-refractivity contribution in [3.8, 4) is 0 Å². The lowest BCUT2D eigenvalue weighted by Gasteiger charge is -2.43. The highest BCUT2D eigenvalue weighted by atomic mass is 32.1. The van der Waals surface area contributed by atoms with Gasteiger partial charge in [-0.3, -0.25) is 9.59 Å². The molecular formula is C24H24N2O2S. The van der Waals surface area contributed by atoms with E-state index in [4.69, 9.17) is 0 Å². The SMILES string of the molecule is CCC(=O)N1c2ccccc2[C@H](N(C(=O)c2cccs2)c2ccccc2)C[C@@H]1C. The molecule has 2 heterocycles. The van der Waals surface area contributed by atoms with Crippen molar-refractivity contribution >= 4 is 34.5 Å². The monoisotopic (exact) mass is 404 g/mol. The summed E-state index contributed by atoms with van der Waals surface area (Å²) in [5, 5.41) is 1.93. The molecule has 2 aromatic carbocycles. The number of benzene rings is 2. The zero-order chi connectivity index (χ0) is 20.4. The molecule has 1 aromatic heterocycles. The Bertz CT molecular complexity index is 1000. The van der Waals surface area contributed by atoms with Crippen molar-refractivity contribution in [2.45, 2.75) is 38.8 Å². The predicted molar refractivity (Wildman–Crippen MR) is 119 cm³/mol. The summed E-state index contributed by atoms with van der Waals surface area (Å²) >= 11 is 1.45. The Hall–Kier alpha value is -2.92. The van der Waals surface area contributed by atoms with Crippen LogP contribution in [0.1, 0.15) is 48.0 Å². The molecule has 1 aliphatic rings. The van der Waals surface area contributed by atoms with Gasteiger partial charge in [0.15, 0.2) is 0 Å². The lowest BCUT2D eigenvalue weighted by molar-refractivity contribution is -0.118. The molecule has 4 nitrogen and oxygen atoms in total. The van der Waals surface area contributed by atoms with Crippen LogP contribution >= 0.6 is 11.3 Å². The number of hydrogen-bond acceptors (Lipinski definition) is 3. The van der Waals surface area contributed by atoms with Crippen LogP contribution in [0.25, 0.3) is 0 Å². The van der Waals surface area contributed by atoms with Crippen LogP contribution in [0.15, 0.2) is 72.1 Å². The van der Waals surface area contributed by atoms with Gasteiger partial charge < -0.3 is 9.80 Å². The molecule has 29 heavy (non-hydrogen) atoms. The molecule has 0 saturated heterocycles. The van der Waals surface area contributed by atoms with Crippen LogP contribution in [-0.2, 0) is 4.79 Å².